The van der Waals surface area contributed by atoms with Crippen molar-refractivity contribution >= 4 is 17.8 Å². The lowest BCUT2D eigenvalue weighted by molar-refractivity contribution is -0.150. The Morgan fingerprint density at radius 1 is 0.440 bits per heavy atom. The molecule has 0 heterocycles. The van der Waals surface area contributed by atoms with Gasteiger partial charge in [-0.25, -0.2) is 0 Å². The maximum atomic E-state index is 12.8. The molecule has 2 N–H and O–H groups in total. The van der Waals surface area contributed by atoms with Gasteiger partial charge in [0.05, 0.1) is 0 Å². The summed E-state index contributed by atoms with van der Waals surface area (Å²) in [5.74, 6) is -1.21. The Morgan fingerprint density at radius 2 is 0.740 bits per heavy atom. The van der Waals surface area contributed by atoms with Crippen molar-refractivity contribution in [2.24, 2.45) is 0 Å². The largest absolute Gasteiger partial charge is 0.480 e. The van der Waals surface area contributed by atoms with Gasteiger partial charge in [0.25, 0.3) is 0 Å². The van der Waals surface area contributed by atoms with Crippen LogP contribution in [-0.4, -0.2) is 35.6 Å². The molecule has 0 bridgehead atoms. The van der Waals surface area contributed by atoms with Gasteiger partial charge < -0.3 is 15.2 Å². The second-order valence-corrected chi connectivity index (χ2v) is 15.3. The van der Waals surface area contributed by atoms with Crippen molar-refractivity contribution in [3.05, 3.63) is 0 Å². The summed E-state index contributed by atoms with van der Waals surface area (Å²) < 4.78 is 6.04. The molecule has 296 valence electrons. The van der Waals surface area contributed by atoms with Crippen molar-refractivity contribution in [1.29, 1.82) is 0 Å². The normalized spacial score (nSPS) is 11.9. The van der Waals surface area contributed by atoms with E-state index in [4.69, 9.17) is 9.84 Å². The standard InChI is InChI=1S/C44H85NO5/c1-3-5-7-9-11-13-15-17-19-21-23-25-28-32-36-41(37-33-29-27-30-34-38-42(46)45-40-43(47)48)50-44(49)39-35-31-26-24-22-20-18-16-14-12-10-8-6-4-2/h41H,3-40H2,1-2H3,(H,45,46)(H,47,48). The van der Waals surface area contributed by atoms with E-state index in [0.29, 0.717) is 12.8 Å². The molecule has 0 radical (unpaired) electrons. The number of carboxylic acid groups (broad SMARTS) is 1. The van der Waals surface area contributed by atoms with Crippen LogP contribution in [0.15, 0.2) is 0 Å². The van der Waals surface area contributed by atoms with Gasteiger partial charge in [0.2, 0.25) is 5.91 Å². The van der Waals surface area contributed by atoms with Gasteiger partial charge in [-0.15, -0.1) is 0 Å². The molecule has 0 aromatic heterocycles. The minimum Gasteiger partial charge on any atom is -0.480 e. The third kappa shape index (κ3) is 39.2. The first kappa shape index (κ1) is 48.4. The van der Waals surface area contributed by atoms with Crippen LogP contribution in [0.3, 0.4) is 0 Å². The number of ether oxygens (including phenoxy) is 1. The highest BCUT2D eigenvalue weighted by molar-refractivity contribution is 5.80. The Balaban J connectivity index is 4.12. The number of amides is 1. The molecule has 0 aromatic carbocycles. The average molecular weight is 708 g/mol. The SMILES string of the molecule is CCCCCCCCCCCCCCCCC(=O)OC(CCCCCCCCCCCCCCCC)CCCCCCCC(=O)NCC(=O)O. The molecule has 6 nitrogen and oxygen atoms in total. The molecule has 0 saturated carbocycles. The topological polar surface area (TPSA) is 92.7 Å². The fourth-order valence-electron chi connectivity index (χ4n) is 6.99. The summed E-state index contributed by atoms with van der Waals surface area (Å²) in [6.07, 6.45) is 45.1. The molecule has 0 saturated heterocycles. The highest BCUT2D eigenvalue weighted by Gasteiger charge is 2.14. The Morgan fingerprint density at radius 3 is 1.08 bits per heavy atom. The Kier molecular flexibility index (Phi) is 38.9. The van der Waals surface area contributed by atoms with Gasteiger partial charge in [-0.1, -0.05) is 200 Å². The molecular formula is C44H85NO5. The van der Waals surface area contributed by atoms with Gasteiger partial charge in [-0.05, 0) is 38.5 Å². The number of hydrogen-bond acceptors (Lipinski definition) is 4. The lowest BCUT2D eigenvalue weighted by Gasteiger charge is -2.18. The van der Waals surface area contributed by atoms with E-state index in [0.717, 1.165) is 64.2 Å². The van der Waals surface area contributed by atoms with Crippen LogP contribution in [0.5, 0.6) is 0 Å². The predicted molar refractivity (Wildman–Crippen MR) is 213 cm³/mol. The number of unbranched alkanes of at least 4 members (excludes halogenated alkanes) is 30. The molecule has 0 aliphatic carbocycles. The number of carboxylic acids is 1. The summed E-state index contributed by atoms with van der Waals surface area (Å²) in [7, 11) is 0. The van der Waals surface area contributed by atoms with E-state index in [1.54, 1.807) is 0 Å². The molecule has 1 atom stereocenters. The fourth-order valence-corrected chi connectivity index (χ4v) is 6.99. The Labute approximate surface area is 310 Å². The van der Waals surface area contributed by atoms with Gasteiger partial charge in [-0.2, -0.15) is 0 Å². The summed E-state index contributed by atoms with van der Waals surface area (Å²) in [6.45, 7) is 4.25. The zero-order chi connectivity index (χ0) is 36.6. The highest BCUT2D eigenvalue weighted by atomic mass is 16.5. The molecule has 0 aliphatic rings. The summed E-state index contributed by atoms with van der Waals surface area (Å²) >= 11 is 0. The van der Waals surface area contributed by atoms with Gasteiger partial charge >= 0.3 is 11.9 Å². The van der Waals surface area contributed by atoms with Crippen LogP contribution < -0.4 is 5.32 Å². The molecule has 50 heavy (non-hydrogen) atoms. The van der Waals surface area contributed by atoms with Crippen LogP contribution in [0.2, 0.25) is 0 Å². The zero-order valence-corrected chi connectivity index (χ0v) is 33.5. The van der Waals surface area contributed by atoms with Crippen LogP contribution in [0.4, 0.5) is 0 Å². The molecular weight excluding hydrogens is 622 g/mol. The quantitative estimate of drug-likeness (QED) is 0.0487. The van der Waals surface area contributed by atoms with Crippen LogP contribution in [0.1, 0.15) is 251 Å². The predicted octanol–water partition coefficient (Wildman–Crippen LogP) is 13.6. The van der Waals surface area contributed by atoms with Crippen molar-refractivity contribution in [3.8, 4) is 0 Å². The van der Waals surface area contributed by atoms with Gasteiger partial charge in [-0.3, -0.25) is 14.4 Å². The second kappa shape index (κ2) is 40.2. The van der Waals surface area contributed by atoms with Crippen LogP contribution in [-0.2, 0) is 19.1 Å². The first-order valence-electron chi connectivity index (χ1n) is 22.2. The summed E-state index contributed by atoms with van der Waals surface area (Å²) in [4.78, 5) is 35.0. The molecule has 0 rings (SSSR count). The first-order chi connectivity index (χ1) is 24.5. The zero-order valence-electron chi connectivity index (χ0n) is 33.5. The van der Waals surface area contributed by atoms with Crippen LogP contribution >= 0.6 is 0 Å². The summed E-state index contributed by atoms with van der Waals surface area (Å²) in [5.41, 5.74) is 0. The number of rotatable bonds is 41. The van der Waals surface area contributed by atoms with Crippen LogP contribution in [0, 0.1) is 0 Å². The Hall–Kier alpha value is -1.59. The summed E-state index contributed by atoms with van der Waals surface area (Å²) in [6, 6.07) is 0. The molecule has 1 unspecified atom stereocenters. The van der Waals surface area contributed by atoms with Crippen molar-refractivity contribution in [1.82, 2.24) is 5.32 Å². The van der Waals surface area contributed by atoms with E-state index in [-0.39, 0.29) is 24.5 Å². The second-order valence-electron chi connectivity index (χ2n) is 15.3. The smallest absolute Gasteiger partial charge is 0.322 e. The maximum absolute atomic E-state index is 12.8. The molecule has 0 aliphatic heterocycles. The highest BCUT2D eigenvalue weighted by Crippen LogP contribution is 2.19. The fraction of sp³-hybridized carbons (Fsp3) is 0.932. The minimum absolute atomic E-state index is 0.00771. The van der Waals surface area contributed by atoms with Crippen molar-refractivity contribution in [2.45, 2.75) is 258 Å². The summed E-state index contributed by atoms with van der Waals surface area (Å²) in [5, 5.41) is 11.1. The Bertz CT molecular complexity index is 742. The molecule has 0 fully saturated rings. The van der Waals surface area contributed by atoms with E-state index >= 15 is 0 Å². The molecule has 0 spiro atoms. The number of esters is 1. The van der Waals surface area contributed by atoms with E-state index in [1.807, 2.05) is 0 Å². The van der Waals surface area contributed by atoms with Gasteiger partial charge in [0.1, 0.15) is 12.6 Å². The minimum atomic E-state index is -1.01. The average Bonchev–Trinajstić information content (AvgIpc) is 3.10. The van der Waals surface area contributed by atoms with Gasteiger partial charge in [0.15, 0.2) is 0 Å². The lowest BCUT2D eigenvalue weighted by Crippen LogP contribution is -2.28. The van der Waals surface area contributed by atoms with Crippen LogP contribution in [0.25, 0.3) is 0 Å². The van der Waals surface area contributed by atoms with Gasteiger partial charge in [0, 0.05) is 12.8 Å². The maximum Gasteiger partial charge on any atom is 0.322 e. The number of hydrogen-bond donors (Lipinski definition) is 2. The van der Waals surface area contributed by atoms with E-state index in [1.165, 1.54) is 161 Å². The first-order valence-corrected chi connectivity index (χ1v) is 22.2. The third-order valence-electron chi connectivity index (χ3n) is 10.3. The molecule has 1 amide bonds. The molecule has 0 aromatic rings. The monoisotopic (exact) mass is 708 g/mol. The van der Waals surface area contributed by atoms with E-state index in [9.17, 15) is 14.4 Å². The van der Waals surface area contributed by atoms with E-state index < -0.39 is 5.97 Å². The van der Waals surface area contributed by atoms with E-state index in [2.05, 4.69) is 19.2 Å². The number of nitrogens with one attached hydrogen (secondary N) is 1. The number of carbonyl (C=O) groups is 3. The third-order valence-corrected chi connectivity index (χ3v) is 10.3. The van der Waals surface area contributed by atoms with Crippen molar-refractivity contribution < 1.29 is 24.2 Å². The lowest BCUT2D eigenvalue weighted by atomic mass is 10.0. The number of carbonyl (C=O) groups excluding carboxylic acids is 2. The number of aliphatic carboxylic acids is 1. The van der Waals surface area contributed by atoms with Crippen molar-refractivity contribution in [2.75, 3.05) is 6.54 Å². The van der Waals surface area contributed by atoms with Crippen molar-refractivity contribution in [3.63, 3.8) is 0 Å². The molecule has 6 heteroatoms.